The summed E-state index contributed by atoms with van der Waals surface area (Å²) in [6.45, 7) is 4.87. The first-order chi connectivity index (χ1) is 23.8. The van der Waals surface area contributed by atoms with Crippen LogP contribution in [0, 0.1) is 5.92 Å². The molecule has 0 saturated heterocycles. The second-order valence-electron chi connectivity index (χ2n) is 12.8. The van der Waals surface area contributed by atoms with E-state index in [-0.39, 0.29) is 34.9 Å². The van der Waals surface area contributed by atoms with E-state index >= 15 is 0 Å². The Kier molecular flexibility index (Phi) is 10.5. The Bertz CT molecular complexity index is 2170. The Morgan fingerprint density at radius 2 is 1.34 bits per heavy atom. The predicted octanol–water partition coefficient (Wildman–Crippen LogP) is 9.81. The summed E-state index contributed by atoms with van der Waals surface area (Å²) < 4.78 is 0. The molecule has 1 aliphatic heterocycles. The second kappa shape index (κ2) is 15.0. The summed E-state index contributed by atoms with van der Waals surface area (Å²) in [7, 11) is 0. The quantitative estimate of drug-likeness (QED) is 0.125. The molecule has 7 rings (SSSR count). The van der Waals surface area contributed by atoms with Crippen LogP contribution in [0.2, 0.25) is 5.02 Å². The molecule has 0 aromatic heterocycles. The zero-order chi connectivity index (χ0) is 34.1. The minimum atomic E-state index is -1.03. The number of amides is 1. The molecular weight excluding hydrogens is 689 g/mol. The van der Waals surface area contributed by atoms with E-state index in [0.717, 1.165) is 11.1 Å². The third-order valence-corrected chi connectivity index (χ3v) is 9.32. The normalized spacial score (nSPS) is 13.6. The van der Waals surface area contributed by atoms with Crippen molar-refractivity contribution >= 4 is 56.4 Å². The number of benzene rings is 6. The number of halogens is 1. The molecule has 1 heterocycles. The number of nitrogens with zero attached hydrogens (tertiary/aromatic N) is 3. The zero-order valence-electron chi connectivity index (χ0n) is 27.6. The average molecular weight is 724 g/mol. The number of carboxylic acid groups (broad SMARTS) is 1. The number of aliphatic carboxylic acids is 1. The van der Waals surface area contributed by atoms with Crippen molar-refractivity contribution in [1.29, 1.82) is 0 Å². The maximum atomic E-state index is 13.9. The van der Waals surface area contributed by atoms with Gasteiger partial charge >= 0.3 is 22.5 Å². The minimum Gasteiger partial charge on any atom is -0.625 e. The molecule has 0 saturated carbocycles. The van der Waals surface area contributed by atoms with Crippen molar-refractivity contribution in [2.75, 3.05) is 6.54 Å². The first kappa shape index (κ1) is 35.0. The van der Waals surface area contributed by atoms with Crippen molar-refractivity contribution in [1.82, 2.24) is 4.90 Å². The topological polar surface area (TPSA) is 84.1 Å². The van der Waals surface area contributed by atoms with Gasteiger partial charge in [-0.2, -0.15) is 0 Å². The summed E-state index contributed by atoms with van der Waals surface area (Å²) in [6, 6.07) is 39.0. The summed E-state index contributed by atoms with van der Waals surface area (Å²) >= 11 is 6.49. The Morgan fingerprint density at radius 3 is 1.90 bits per heavy atom. The number of fused-ring (bicyclic) bond motifs is 7. The van der Waals surface area contributed by atoms with E-state index in [1.54, 1.807) is 18.2 Å². The molecule has 252 valence electrons. The van der Waals surface area contributed by atoms with Crippen LogP contribution in [0.5, 0.6) is 0 Å². The van der Waals surface area contributed by atoms with E-state index in [0.29, 0.717) is 40.6 Å². The molecule has 1 aliphatic rings. The maximum absolute atomic E-state index is 13.9. The monoisotopic (exact) mass is 722 g/mol. The van der Waals surface area contributed by atoms with Gasteiger partial charge in [-0.1, -0.05) is 135 Å². The van der Waals surface area contributed by atoms with Crippen LogP contribution in [-0.4, -0.2) is 40.2 Å². The number of carbonyl (C=O) groups is 2. The number of rotatable bonds is 8. The van der Waals surface area contributed by atoms with Gasteiger partial charge in [0.2, 0.25) is 0 Å². The molecule has 0 fully saturated rings. The standard InChI is InChI=1S/C42H36ClN3O3.Ni/c1-26(2)40(42(48)49)45-41(29-12-4-3-5-13-29)35-22-32(43)20-21-36(35)44-37(47)25-46-23-30-18-16-27-10-6-8-14-33(27)38(30)39-31(24-46)19-17-28-11-7-9-15-34(28)39;/h3-22,26,40H,23-25H2,1-2H3,(H2,44,45,47,48,49);/q;+2/p-1. The summed E-state index contributed by atoms with van der Waals surface area (Å²) in [5, 5.41) is 19.8. The number of carboxylic acids is 1. The van der Waals surface area contributed by atoms with Gasteiger partial charge in [-0.15, -0.1) is 5.69 Å². The molecule has 1 amide bonds. The minimum absolute atomic E-state index is 0. The van der Waals surface area contributed by atoms with Crippen molar-refractivity contribution in [3.63, 3.8) is 0 Å². The summed E-state index contributed by atoms with van der Waals surface area (Å²) in [4.78, 5) is 33.0. The van der Waals surface area contributed by atoms with Gasteiger partial charge in [0.1, 0.15) is 6.04 Å². The first-order valence-corrected chi connectivity index (χ1v) is 16.8. The Morgan fingerprint density at radius 1 is 0.780 bits per heavy atom. The van der Waals surface area contributed by atoms with E-state index in [4.69, 9.17) is 16.6 Å². The average Bonchev–Trinajstić information content (AvgIpc) is 3.26. The fraction of sp³-hybridized carbons (Fsp3) is 0.167. The van der Waals surface area contributed by atoms with Crippen LogP contribution in [0.15, 0.2) is 126 Å². The predicted molar refractivity (Wildman–Crippen MR) is 199 cm³/mol. The number of aliphatic imine (C=N–C) groups is 1. The van der Waals surface area contributed by atoms with Gasteiger partial charge in [-0.3, -0.25) is 9.89 Å². The Balaban J connectivity index is 0.00000432. The van der Waals surface area contributed by atoms with Gasteiger partial charge in [0.15, 0.2) is 0 Å². The van der Waals surface area contributed by atoms with E-state index < -0.39 is 12.0 Å². The summed E-state index contributed by atoms with van der Waals surface area (Å²) in [5.41, 5.74) is 6.74. The first-order valence-electron chi connectivity index (χ1n) is 16.4. The van der Waals surface area contributed by atoms with Crippen LogP contribution in [0.4, 0.5) is 5.69 Å². The van der Waals surface area contributed by atoms with Crippen molar-refractivity contribution < 1.29 is 31.2 Å². The van der Waals surface area contributed by atoms with Crippen LogP contribution in [-0.2, 0) is 39.2 Å². The van der Waals surface area contributed by atoms with Gasteiger partial charge in [0.25, 0.3) is 0 Å². The molecule has 6 aromatic rings. The summed E-state index contributed by atoms with van der Waals surface area (Å²) in [6.07, 6.45) is 0. The van der Waals surface area contributed by atoms with E-state index in [1.807, 2.05) is 44.2 Å². The van der Waals surface area contributed by atoms with Crippen molar-refractivity contribution in [3.8, 4) is 11.1 Å². The molecule has 8 heteroatoms. The van der Waals surface area contributed by atoms with Gasteiger partial charge in [0, 0.05) is 30.2 Å². The van der Waals surface area contributed by atoms with Gasteiger partial charge in [-0.25, -0.2) is 4.79 Å². The molecule has 0 bridgehead atoms. The van der Waals surface area contributed by atoms with Gasteiger partial charge < -0.3 is 15.2 Å². The molecule has 1 atom stereocenters. The van der Waals surface area contributed by atoms with Crippen molar-refractivity contribution in [2.45, 2.75) is 33.0 Å². The van der Waals surface area contributed by atoms with Crippen LogP contribution >= 0.6 is 11.6 Å². The molecule has 6 nitrogen and oxygen atoms in total. The summed E-state index contributed by atoms with van der Waals surface area (Å²) in [5.74, 6) is -1.61. The van der Waals surface area contributed by atoms with Crippen LogP contribution in [0.25, 0.3) is 38.0 Å². The molecule has 0 radical (unpaired) electrons. The molecule has 0 spiro atoms. The van der Waals surface area contributed by atoms with E-state index in [2.05, 4.69) is 83.0 Å². The zero-order valence-corrected chi connectivity index (χ0v) is 29.4. The largest absolute Gasteiger partial charge is 2.00 e. The van der Waals surface area contributed by atoms with Gasteiger partial charge in [0.05, 0.1) is 11.6 Å². The molecule has 50 heavy (non-hydrogen) atoms. The molecular formula is C42H35ClN3NiO3+. The van der Waals surface area contributed by atoms with Gasteiger partial charge in [-0.05, 0) is 67.4 Å². The fourth-order valence-electron chi connectivity index (χ4n) is 6.82. The molecule has 1 N–H and O–H groups in total. The van der Waals surface area contributed by atoms with Crippen LogP contribution < -0.4 is 0 Å². The van der Waals surface area contributed by atoms with Crippen molar-refractivity contribution in [2.24, 2.45) is 10.9 Å². The van der Waals surface area contributed by atoms with Crippen LogP contribution in [0.1, 0.15) is 36.1 Å². The molecule has 1 unspecified atom stereocenters. The van der Waals surface area contributed by atoms with E-state index in [1.165, 1.54) is 32.7 Å². The Hall–Kier alpha value is -4.81. The van der Waals surface area contributed by atoms with Crippen LogP contribution in [0.3, 0.4) is 0 Å². The second-order valence-corrected chi connectivity index (χ2v) is 13.3. The van der Waals surface area contributed by atoms with E-state index in [9.17, 15) is 14.7 Å². The number of hydrogen-bond acceptors (Lipinski definition) is 4. The smallest absolute Gasteiger partial charge is 0.625 e. The SMILES string of the molecule is CC(C)C(N=C(c1ccccc1)c1cc(Cl)ccc1[N-]C(=O)CN1Cc2ccc3ccccc3c2-c2c(ccc3ccccc23)C1)C(=O)O.[Ni+2]. The number of hydrogen-bond donors (Lipinski definition) is 1. The molecule has 6 aromatic carbocycles. The number of carbonyl (C=O) groups excluding carboxylic acids is 1. The Labute approximate surface area is 306 Å². The third-order valence-electron chi connectivity index (χ3n) is 9.09. The molecule has 0 aliphatic carbocycles. The third kappa shape index (κ3) is 7.08. The van der Waals surface area contributed by atoms with Crippen molar-refractivity contribution in [3.05, 3.63) is 154 Å². The maximum Gasteiger partial charge on any atom is 2.00 e. The fourth-order valence-corrected chi connectivity index (χ4v) is 6.99.